The molecule has 1 aliphatic rings. The fraction of sp³-hybridized carbons (Fsp3) is 0.735. The van der Waals surface area contributed by atoms with Gasteiger partial charge in [0.2, 0.25) is 0 Å². The number of hydrogen-bond acceptors (Lipinski definition) is 10. The van der Waals surface area contributed by atoms with E-state index in [1.807, 2.05) is 0 Å². The second-order valence-corrected chi connectivity index (χ2v) is 15.9. The van der Waals surface area contributed by atoms with Crippen LogP contribution in [-0.4, -0.2) is 88.4 Å². The molecule has 0 amide bonds. The fourth-order valence-electron chi connectivity index (χ4n) is 6.69. The van der Waals surface area contributed by atoms with E-state index >= 15 is 0 Å². The normalized spacial score (nSPS) is 20.3. The molecule has 0 aliphatic carbocycles. The van der Waals surface area contributed by atoms with E-state index in [9.17, 15) is 34.8 Å². The molecule has 0 bridgehead atoms. The molecule has 0 aromatic heterocycles. The molecule has 60 heavy (non-hydrogen) atoms. The lowest BCUT2D eigenvalue weighted by Crippen LogP contribution is -2.60. The first kappa shape index (κ1) is 54.9. The number of esters is 2. The molecule has 0 aromatic carbocycles. The fourth-order valence-corrected chi connectivity index (χ4v) is 6.69. The molecule has 11 heteroatoms. The summed E-state index contributed by atoms with van der Waals surface area (Å²) in [6.45, 7) is 3.66. The van der Waals surface area contributed by atoms with Crippen LogP contribution in [0.15, 0.2) is 60.8 Å². The molecule has 4 N–H and O–H groups in total. The maximum absolute atomic E-state index is 12.8. The van der Waals surface area contributed by atoms with Crippen LogP contribution in [0.3, 0.4) is 0 Å². The zero-order valence-corrected chi connectivity index (χ0v) is 37.2. The van der Waals surface area contributed by atoms with Gasteiger partial charge in [-0.3, -0.25) is 9.59 Å². The van der Waals surface area contributed by atoms with Crippen LogP contribution in [0.25, 0.3) is 0 Å². The SMILES string of the molecule is CC/C=C\C/C=C\C/C=C\C/C=C\CCCCC(=O)OCC(COC1OC(C(=O)O)C(O)C(O)C1O)OC(=O)CCCCCCCCCCC/C=C\CCCCCCCC. The van der Waals surface area contributed by atoms with Gasteiger partial charge in [-0.05, 0) is 77.0 Å². The van der Waals surface area contributed by atoms with Gasteiger partial charge in [0.1, 0.15) is 24.9 Å². The van der Waals surface area contributed by atoms with Crippen LogP contribution >= 0.6 is 0 Å². The Hall–Kier alpha value is -3.09. The summed E-state index contributed by atoms with van der Waals surface area (Å²) in [4.78, 5) is 36.8. The third-order valence-corrected chi connectivity index (χ3v) is 10.4. The molecule has 1 aliphatic heterocycles. The molecule has 1 fully saturated rings. The molecule has 0 saturated carbocycles. The highest BCUT2D eigenvalue weighted by atomic mass is 16.7. The van der Waals surface area contributed by atoms with Crippen LogP contribution in [0.5, 0.6) is 0 Å². The summed E-state index contributed by atoms with van der Waals surface area (Å²) >= 11 is 0. The smallest absolute Gasteiger partial charge is 0.335 e. The van der Waals surface area contributed by atoms with Crippen molar-refractivity contribution >= 4 is 17.9 Å². The van der Waals surface area contributed by atoms with E-state index in [1.165, 1.54) is 83.5 Å². The molecule has 1 heterocycles. The molecule has 344 valence electrons. The van der Waals surface area contributed by atoms with Gasteiger partial charge >= 0.3 is 17.9 Å². The summed E-state index contributed by atoms with van der Waals surface area (Å²) in [6.07, 6.45) is 38.4. The number of aliphatic hydroxyl groups is 3. The molecule has 1 saturated heterocycles. The number of hydrogen-bond donors (Lipinski definition) is 4. The van der Waals surface area contributed by atoms with Crippen molar-refractivity contribution in [1.29, 1.82) is 0 Å². The van der Waals surface area contributed by atoms with Crippen molar-refractivity contribution in [2.45, 2.75) is 218 Å². The summed E-state index contributed by atoms with van der Waals surface area (Å²) in [6, 6.07) is 0. The molecule has 0 radical (unpaired) electrons. The number of aliphatic hydroxyl groups excluding tert-OH is 3. The van der Waals surface area contributed by atoms with Crippen LogP contribution in [0.1, 0.15) is 181 Å². The van der Waals surface area contributed by atoms with E-state index in [0.717, 1.165) is 57.8 Å². The topological polar surface area (TPSA) is 169 Å². The van der Waals surface area contributed by atoms with E-state index in [1.54, 1.807) is 0 Å². The maximum Gasteiger partial charge on any atom is 0.335 e. The molecule has 11 nitrogen and oxygen atoms in total. The van der Waals surface area contributed by atoms with Gasteiger partial charge in [-0.2, -0.15) is 0 Å². The number of unbranched alkanes of at least 4 members (excludes halogenated alkanes) is 17. The Kier molecular flexibility index (Phi) is 35.5. The van der Waals surface area contributed by atoms with Crippen LogP contribution in [0.2, 0.25) is 0 Å². The Morgan fingerprint density at radius 2 is 0.983 bits per heavy atom. The summed E-state index contributed by atoms with van der Waals surface area (Å²) in [5, 5.41) is 39.8. The zero-order valence-electron chi connectivity index (χ0n) is 37.2. The molecular weight excluding hydrogens is 765 g/mol. The van der Waals surface area contributed by atoms with Crippen LogP contribution in [-0.2, 0) is 33.3 Å². The number of aliphatic carboxylic acids is 1. The lowest BCUT2D eigenvalue weighted by molar-refractivity contribution is -0.298. The maximum atomic E-state index is 12.8. The van der Waals surface area contributed by atoms with E-state index < -0.39 is 61.3 Å². The van der Waals surface area contributed by atoms with Gasteiger partial charge in [0.15, 0.2) is 18.5 Å². The standard InChI is InChI=1S/C49H82O11/c1-3-5-7-9-11-13-15-17-19-20-21-22-24-26-28-30-32-34-36-38-43(51)59-41(40-58-49-46(54)44(52)45(53)47(60-49)48(55)56)39-57-42(50)37-35-33-31-29-27-25-23-18-16-14-12-10-8-6-4-2/h6,8,12,14,17-19,23,27,29,41,44-47,49,52-54H,3-5,7,9-11,13,15-16,20-22,24-26,28,30-40H2,1-2H3,(H,55,56)/b8-6-,14-12-,19-17-,23-18-,29-27-. The minimum absolute atomic E-state index is 0.169. The third kappa shape index (κ3) is 30.0. The Bertz CT molecular complexity index is 1230. The molecule has 1 rings (SSSR count). The van der Waals surface area contributed by atoms with E-state index in [2.05, 4.69) is 74.6 Å². The summed E-state index contributed by atoms with van der Waals surface area (Å²) < 4.78 is 21.7. The van der Waals surface area contributed by atoms with Crippen molar-refractivity contribution in [1.82, 2.24) is 0 Å². The summed E-state index contributed by atoms with van der Waals surface area (Å²) in [7, 11) is 0. The highest BCUT2D eigenvalue weighted by Gasteiger charge is 2.47. The highest BCUT2D eigenvalue weighted by molar-refractivity contribution is 5.73. The average molecular weight is 847 g/mol. The largest absolute Gasteiger partial charge is 0.479 e. The summed E-state index contributed by atoms with van der Waals surface area (Å²) in [5.41, 5.74) is 0. The predicted molar refractivity (Wildman–Crippen MR) is 238 cm³/mol. The number of allylic oxidation sites excluding steroid dienone is 10. The van der Waals surface area contributed by atoms with Gasteiger partial charge in [-0.25, -0.2) is 4.79 Å². The number of carboxylic acids is 1. The Morgan fingerprint density at radius 1 is 0.533 bits per heavy atom. The van der Waals surface area contributed by atoms with Gasteiger partial charge in [0, 0.05) is 12.8 Å². The van der Waals surface area contributed by atoms with Crippen molar-refractivity contribution in [2.24, 2.45) is 0 Å². The zero-order chi connectivity index (χ0) is 43.9. The van der Waals surface area contributed by atoms with Crippen molar-refractivity contribution in [2.75, 3.05) is 13.2 Å². The van der Waals surface area contributed by atoms with Crippen molar-refractivity contribution in [3.63, 3.8) is 0 Å². The Balaban J connectivity index is 2.37. The van der Waals surface area contributed by atoms with E-state index in [-0.39, 0.29) is 19.4 Å². The molecule has 0 spiro atoms. The predicted octanol–water partition coefficient (Wildman–Crippen LogP) is 10.3. The van der Waals surface area contributed by atoms with Gasteiger partial charge in [0.25, 0.3) is 0 Å². The van der Waals surface area contributed by atoms with Gasteiger partial charge < -0.3 is 39.4 Å². The van der Waals surface area contributed by atoms with E-state index in [0.29, 0.717) is 12.8 Å². The Labute approximate surface area is 362 Å². The van der Waals surface area contributed by atoms with Crippen molar-refractivity contribution in [3.05, 3.63) is 60.8 Å². The van der Waals surface area contributed by atoms with Crippen LogP contribution in [0.4, 0.5) is 0 Å². The lowest BCUT2D eigenvalue weighted by atomic mass is 9.99. The number of carbonyl (C=O) groups excluding carboxylic acids is 2. The van der Waals surface area contributed by atoms with Gasteiger partial charge in [-0.1, -0.05) is 152 Å². The molecule has 6 atom stereocenters. The molecular formula is C49H82O11. The second-order valence-electron chi connectivity index (χ2n) is 15.9. The minimum atomic E-state index is -1.87. The van der Waals surface area contributed by atoms with Crippen molar-refractivity contribution < 1.29 is 53.8 Å². The first-order chi connectivity index (χ1) is 29.2. The van der Waals surface area contributed by atoms with Crippen LogP contribution in [0, 0.1) is 0 Å². The number of carbonyl (C=O) groups is 3. The first-order valence-corrected chi connectivity index (χ1v) is 23.3. The molecule has 0 aromatic rings. The monoisotopic (exact) mass is 847 g/mol. The van der Waals surface area contributed by atoms with Gasteiger partial charge in [0.05, 0.1) is 6.61 Å². The minimum Gasteiger partial charge on any atom is -0.479 e. The highest BCUT2D eigenvalue weighted by Crippen LogP contribution is 2.23. The average Bonchev–Trinajstić information content (AvgIpc) is 3.23. The van der Waals surface area contributed by atoms with E-state index in [4.69, 9.17) is 18.9 Å². The Morgan fingerprint density at radius 3 is 1.53 bits per heavy atom. The summed E-state index contributed by atoms with van der Waals surface area (Å²) in [5.74, 6) is -2.50. The number of rotatable bonds is 38. The lowest BCUT2D eigenvalue weighted by Gasteiger charge is -2.38. The quantitative estimate of drug-likeness (QED) is 0.0265. The number of carboxylic acid groups (broad SMARTS) is 1. The molecule has 6 unspecified atom stereocenters. The van der Waals surface area contributed by atoms with Crippen molar-refractivity contribution in [3.8, 4) is 0 Å². The third-order valence-electron chi connectivity index (χ3n) is 10.4. The number of ether oxygens (including phenoxy) is 4. The first-order valence-electron chi connectivity index (χ1n) is 23.3. The van der Waals surface area contributed by atoms with Gasteiger partial charge in [-0.15, -0.1) is 0 Å². The second kappa shape index (κ2) is 38.8. The van der Waals surface area contributed by atoms with Crippen LogP contribution < -0.4 is 0 Å².